The lowest BCUT2D eigenvalue weighted by Crippen LogP contribution is -2.21. The van der Waals surface area contributed by atoms with Gasteiger partial charge in [0.25, 0.3) is 0 Å². The van der Waals surface area contributed by atoms with E-state index in [-0.39, 0.29) is 12.0 Å². The zero-order valence-electron chi connectivity index (χ0n) is 11.2. The molecule has 0 aliphatic carbocycles. The smallest absolute Gasteiger partial charge is 0.324 e. The lowest BCUT2D eigenvalue weighted by molar-refractivity contribution is 0.444. The molecule has 0 radical (unpaired) electrons. The van der Waals surface area contributed by atoms with Crippen molar-refractivity contribution in [3.63, 3.8) is 0 Å². The number of nitrogens with zero attached hydrogens (tertiary/aromatic N) is 4. The maximum atomic E-state index is 5.59. The molecule has 106 valence electrons. The van der Waals surface area contributed by atoms with E-state index in [0.717, 1.165) is 11.3 Å². The zero-order chi connectivity index (χ0) is 14.8. The molecule has 0 saturated carbocycles. The van der Waals surface area contributed by atoms with Gasteiger partial charge in [-0.25, -0.2) is 15.0 Å². The number of aromatic amines is 1. The number of ether oxygens (including phenoxy) is 1. The Morgan fingerprint density at radius 3 is 2.95 bits per heavy atom. The summed E-state index contributed by atoms with van der Waals surface area (Å²) in [6, 6.07) is 7.18. The number of nitrogens with one attached hydrogen (secondary N) is 1. The van der Waals surface area contributed by atoms with Gasteiger partial charge in [0.05, 0.1) is 11.9 Å². The number of rotatable bonds is 3. The SMILES string of the molecule is Cc1nc2nc(Oc3cccc(N=C(N)N)c3)ncc2[nH]1. The van der Waals surface area contributed by atoms with Gasteiger partial charge in [0.2, 0.25) is 0 Å². The highest BCUT2D eigenvalue weighted by Crippen LogP contribution is 2.23. The van der Waals surface area contributed by atoms with Gasteiger partial charge in [0, 0.05) is 6.07 Å². The van der Waals surface area contributed by atoms with E-state index in [0.29, 0.717) is 17.1 Å². The van der Waals surface area contributed by atoms with E-state index in [1.165, 1.54) is 0 Å². The minimum atomic E-state index is -0.0168. The second-order valence-electron chi connectivity index (χ2n) is 4.35. The Morgan fingerprint density at radius 1 is 1.29 bits per heavy atom. The van der Waals surface area contributed by atoms with Crippen LogP contribution in [0.25, 0.3) is 11.2 Å². The molecule has 0 bridgehead atoms. The largest absolute Gasteiger partial charge is 0.424 e. The molecule has 5 N–H and O–H groups in total. The van der Waals surface area contributed by atoms with Crippen LogP contribution in [0.2, 0.25) is 0 Å². The van der Waals surface area contributed by atoms with E-state index in [4.69, 9.17) is 16.2 Å². The average Bonchev–Trinajstić information content (AvgIpc) is 2.77. The zero-order valence-corrected chi connectivity index (χ0v) is 11.2. The Kier molecular flexibility index (Phi) is 3.11. The Labute approximate surface area is 119 Å². The molecule has 0 atom stereocenters. The third kappa shape index (κ3) is 2.89. The van der Waals surface area contributed by atoms with Gasteiger partial charge in [0.15, 0.2) is 11.6 Å². The number of hydrogen-bond acceptors (Lipinski definition) is 5. The molecule has 0 fully saturated rings. The first-order chi connectivity index (χ1) is 10.1. The molecular weight excluding hydrogens is 270 g/mol. The molecule has 0 aliphatic rings. The predicted octanol–water partition coefficient (Wildman–Crippen LogP) is 1.36. The highest BCUT2D eigenvalue weighted by atomic mass is 16.5. The van der Waals surface area contributed by atoms with E-state index in [9.17, 15) is 0 Å². The van der Waals surface area contributed by atoms with Gasteiger partial charge in [-0.05, 0) is 19.1 Å². The third-order valence-corrected chi connectivity index (χ3v) is 2.62. The number of hydrogen-bond donors (Lipinski definition) is 3. The van der Waals surface area contributed by atoms with Crippen LogP contribution in [0.1, 0.15) is 5.82 Å². The van der Waals surface area contributed by atoms with Crippen molar-refractivity contribution in [3.05, 3.63) is 36.3 Å². The quantitative estimate of drug-likeness (QED) is 0.491. The van der Waals surface area contributed by atoms with Crippen molar-refractivity contribution in [2.24, 2.45) is 16.5 Å². The summed E-state index contributed by atoms with van der Waals surface area (Å²) in [5.41, 5.74) is 12.6. The van der Waals surface area contributed by atoms with Gasteiger partial charge in [-0.2, -0.15) is 4.98 Å². The molecule has 21 heavy (non-hydrogen) atoms. The molecular formula is C13H13N7O. The van der Waals surface area contributed by atoms with Crippen molar-refractivity contribution in [3.8, 4) is 11.8 Å². The minimum Gasteiger partial charge on any atom is -0.424 e. The fraction of sp³-hybridized carbons (Fsp3) is 0.0769. The number of aryl methyl sites for hydroxylation is 1. The summed E-state index contributed by atoms with van der Waals surface area (Å²) in [5.74, 6) is 1.28. The number of imidazole rings is 1. The highest BCUT2D eigenvalue weighted by Gasteiger charge is 2.06. The second kappa shape index (κ2) is 5.08. The molecule has 0 saturated heterocycles. The maximum Gasteiger partial charge on any atom is 0.324 e. The molecule has 0 aliphatic heterocycles. The molecule has 1 aromatic carbocycles. The van der Waals surface area contributed by atoms with Crippen LogP contribution in [0.15, 0.2) is 35.5 Å². The van der Waals surface area contributed by atoms with E-state index >= 15 is 0 Å². The summed E-state index contributed by atoms with van der Waals surface area (Å²) in [4.78, 5) is 19.6. The molecule has 2 aromatic heterocycles. The van der Waals surface area contributed by atoms with Crippen LogP contribution >= 0.6 is 0 Å². The number of aliphatic imine (C=N–C) groups is 1. The van der Waals surface area contributed by atoms with Crippen LogP contribution in [0.5, 0.6) is 11.8 Å². The molecule has 0 spiro atoms. The van der Waals surface area contributed by atoms with E-state index in [1.54, 1.807) is 30.5 Å². The number of fused-ring (bicyclic) bond motifs is 1. The van der Waals surface area contributed by atoms with Gasteiger partial charge in [-0.15, -0.1) is 0 Å². The fourth-order valence-corrected chi connectivity index (χ4v) is 1.83. The van der Waals surface area contributed by atoms with Crippen LogP contribution in [-0.2, 0) is 0 Å². The van der Waals surface area contributed by atoms with Crippen molar-refractivity contribution >= 4 is 22.8 Å². The summed E-state index contributed by atoms with van der Waals surface area (Å²) >= 11 is 0. The number of aromatic nitrogens is 4. The first kappa shape index (κ1) is 12.9. The first-order valence-corrected chi connectivity index (χ1v) is 6.17. The monoisotopic (exact) mass is 283 g/mol. The van der Waals surface area contributed by atoms with Gasteiger partial charge < -0.3 is 21.2 Å². The summed E-state index contributed by atoms with van der Waals surface area (Å²) in [6.07, 6.45) is 1.62. The Bertz CT molecular complexity index is 820. The normalized spacial score (nSPS) is 10.5. The van der Waals surface area contributed by atoms with Crippen molar-refractivity contribution < 1.29 is 4.74 Å². The minimum absolute atomic E-state index is 0.0168. The van der Waals surface area contributed by atoms with E-state index < -0.39 is 0 Å². The van der Waals surface area contributed by atoms with Crippen LogP contribution in [0.4, 0.5) is 5.69 Å². The van der Waals surface area contributed by atoms with E-state index in [2.05, 4.69) is 24.9 Å². The van der Waals surface area contributed by atoms with Gasteiger partial charge >= 0.3 is 6.01 Å². The highest BCUT2D eigenvalue weighted by molar-refractivity contribution is 5.79. The summed E-state index contributed by atoms with van der Waals surface area (Å²) in [6.45, 7) is 1.85. The second-order valence-corrected chi connectivity index (χ2v) is 4.35. The topological polar surface area (TPSA) is 128 Å². The fourth-order valence-electron chi connectivity index (χ4n) is 1.83. The van der Waals surface area contributed by atoms with Gasteiger partial charge in [-0.3, -0.25) is 0 Å². The third-order valence-electron chi connectivity index (χ3n) is 2.62. The lowest BCUT2D eigenvalue weighted by atomic mass is 10.3. The van der Waals surface area contributed by atoms with Crippen LogP contribution in [0.3, 0.4) is 0 Å². The molecule has 3 aromatic rings. The summed E-state index contributed by atoms with van der Waals surface area (Å²) in [5, 5.41) is 0. The van der Waals surface area contributed by atoms with Gasteiger partial charge in [-0.1, -0.05) is 6.07 Å². The first-order valence-electron chi connectivity index (χ1n) is 6.17. The predicted molar refractivity (Wildman–Crippen MR) is 78.4 cm³/mol. The number of benzene rings is 1. The molecule has 8 heteroatoms. The van der Waals surface area contributed by atoms with Crippen molar-refractivity contribution in [1.82, 2.24) is 19.9 Å². The van der Waals surface area contributed by atoms with Crippen molar-refractivity contribution in [2.75, 3.05) is 0 Å². The maximum absolute atomic E-state index is 5.59. The standard InChI is InChI=1S/C13H13N7O/c1-7-17-10-6-16-13(20-11(10)18-7)21-9-4-2-3-8(5-9)19-12(14)15/h2-6H,1H3,(H4,14,15,19)(H,16,17,18,20). The van der Waals surface area contributed by atoms with Gasteiger partial charge in [0.1, 0.15) is 17.1 Å². The summed E-state index contributed by atoms with van der Waals surface area (Å²) in [7, 11) is 0. The molecule has 0 amide bonds. The molecule has 8 nitrogen and oxygen atoms in total. The molecule has 2 heterocycles. The lowest BCUT2D eigenvalue weighted by Gasteiger charge is -2.04. The molecule has 3 rings (SSSR count). The number of nitrogens with two attached hydrogens (primary N) is 2. The van der Waals surface area contributed by atoms with Crippen LogP contribution in [-0.4, -0.2) is 25.9 Å². The average molecular weight is 283 g/mol. The number of H-pyrrole nitrogens is 1. The van der Waals surface area contributed by atoms with Crippen LogP contribution < -0.4 is 16.2 Å². The Balaban J connectivity index is 1.89. The van der Waals surface area contributed by atoms with E-state index in [1.807, 2.05) is 6.92 Å². The van der Waals surface area contributed by atoms with Crippen molar-refractivity contribution in [2.45, 2.75) is 6.92 Å². The van der Waals surface area contributed by atoms with Crippen molar-refractivity contribution in [1.29, 1.82) is 0 Å². The molecule has 0 unspecified atom stereocenters. The Morgan fingerprint density at radius 2 is 2.14 bits per heavy atom. The number of guanidine groups is 1. The summed E-state index contributed by atoms with van der Waals surface area (Å²) < 4.78 is 5.59. The van der Waals surface area contributed by atoms with Crippen LogP contribution in [0, 0.1) is 6.92 Å². The Hall–Kier alpha value is -3.16.